The average Bonchev–Trinajstić information content (AvgIpc) is 2.58. The number of carbonyl (C=O) groups excluding carboxylic acids is 1. The van der Waals surface area contributed by atoms with E-state index < -0.39 is 24.4 Å². The van der Waals surface area contributed by atoms with Crippen LogP contribution in [0.25, 0.3) is 22.2 Å². The van der Waals surface area contributed by atoms with Crippen molar-refractivity contribution in [2.24, 2.45) is 0 Å². The number of aromatic nitrogens is 1. The van der Waals surface area contributed by atoms with E-state index in [1.807, 2.05) is 5.32 Å². The maximum absolute atomic E-state index is 13.1. The van der Waals surface area contributed by atoms with Gasteiger partial charge in [-0.3, -0.25) is 4.79 Å². The Balaban J connectivity index is 2.06. The number of amides is 1. The molecule has 7 heteroatoms. The minimum absolute atomic E-state index is 0.0779. The molecule has 0 saturated heterocycles. The topological polar surface area (TPSA) is 42.0 Å². The number of hydrogen-bond acceptors (Lipinski definition) is 2. The van der Waals surface area contributed by atoms with E-state index in [4.69, 9.17) is 0 Å². The van der Waals surface area contributed by atoms with Crippen LogP contribution < -0.4 is 5.32 Å². The Bertz CT molecular complexity index is 921. The highest BCUT2D eigenvalue weighted by Crippen LogP contribution is 2.25. The lowest BCUT2D eigenvalue weighted by Crippen LogP contribution is -2.33. The van der Waals surface area contributed by atoms with Crippen molar-refractivity contribution in [3.63, 3.8) is 0 Å². The van der Waals surface area contributed by atoms with E-state index in [1.165, 1.54) is 30.3 Å². The highest BCUT2D eigenvalue weighted by molar-refractivity contribution is 6.07. The second-order valence-corrected chi connectivity index (χ2v) is 5.38. The number of benzene rings is 2. The lowest BCUT2D eigenvalue weighted by molar-refractivity contribution is -0.123. The van der Waals surface area contributed by atoms with E-state index in [-0.39, 0.29) is 5.56 Å². The molecule has 1 aromatic heterocycles. The van der Waals surface area contributed by atoms with Crippen LogP contribution in [0.4, 0.5) is 17.6 Å². The van der Waals surface area contributed by atoms with Gasteiger partial charge in [0, 0.05) is 10.9 Å². The quantitative estimate of drug-likeness (QED) is 0.716. The molecule has 0 aliphatic heterocycles. The van der Waals surface area contributed by atoms with Crippen LogP contribution in [0.2, 0.25) is 0 Å². The normalized spacial score (nSPS) is 11.5. The number of carbonyl (C=O) groups is 1. The summed E-state index contributed by atoms with van der Waals surface area (Å²) >= 11 is 0. The first-order valence-electron chi connectivity index (χ1n) is 7.34. The van der Waals surface area contributed by atoms with Gasteiger partial charge in [0.1, 0.15) is 12.4 Å². The molecule has 0 aliphatic carbocycles. The standard InChI is InChI=1S/C18H12F4N2O/c19-12-7-5-11(6-8-12)16-9-14(17(25)23-10-18(20,21)22)13-3-1-2-4-15(13)24-16/h1-9H,10H2,(H,23,25). The van der Waals surface area contributed by atoms with Crippen molar-refractivity contribution in [3.8, 4) is 11.3 Å². The fraction of sp³-hybridized carbons (Fsp3) is 0.111. The van der Waals surface area contributed by atoms with Gasteiger partial charge < -0.3 is 5.32 Å². The van der Waals surface area contributed by atoms with Gasteiger partial charge in [-0.05, 0) is 36.4 Å². The van der Waals surface area contributed by atoms with Crippen molar-refractivity contribution in [1.29, 1.82) is 0 Å². The van der Waals surface area contributed by atoms with Crippen LogP contribution >= 0.6 is 0 Å². The SMILES string of the molecule is O=C(NCC(F)(F)F)c1cc(-c2ccc(F)cc2)nc2ccccc12. The van der Waals surface area contributed by atoms with Gasteiger partial charge in [0.25, 0.3) is 5.91 Å². The minimum Gasteiger partial charge on any atom is -0.343 e. The molecule has 128 valence electrons. The highest BCUT2D eigenvalue weighted by Gasteiger charge is 2.28. The number of fused-ring (bicyclic) bond motifs is 1. The third-order valence-electron chi connectivity index (χ3n) is 3.55. The number of alkyl halides is 3. The Morgan fingerprint density at radius 2 is 1.72 bits per heavy atom. The summed E-state index contributed by atoms with van der Waals surface area (Å²) < 4.78 is 50.2. The molecule has 0 unspecified atom stereocenters. The predicted octanol–water partition coefficient (Wildman–Crippen LogP) is 4.33. The Labute approximate surface area is 140 Å². The van der Waals surface area contributed by atoms with Gasteiger partial charge in [0.15, 0.2) is 0 Å². The van der Waals surface area contributed by atoms with E-state index >= 15 is 0 Å². The van der Waals surface area contributed by atoms with Crippen LogP contribution in [0.15, 0.2) is 54.6 Å². The molecule has 1 N–H and O–H groups in total. The molecule has 0 atom stereocenters. The number of para-hydroxylation sites is 1. The van der Waals surface area contributed by atoms with Crippen molar-refractivity contribution in [1.82, 2.24) is 10.3 Å². The number of nitrogens with zero attached hydrogens (tertiary/aromatic N) is 1. The molecular formula is C18H12F4N2O. The summed E-state index contributed by atoms with van der Waals surface area (Å²) in [4.78, 5) is 16.6. The fourth-order valence-electron chi connectivity index (χ4n) is 2.41. The molecule has 3 rings (SSSR count). The zero-order valence-electron chi connectivity index (χ0n) is 12.8. The Morgan fingerprint density at radius 1 is 1.04 bits per heavy atom. The van der Waals surface area contributed by atoms with Crippen molar-refractivity contribution >= 4 is 16.8 Å². The molecule has 25 heavy (non-hydrogen) atoms. The lowest BCUT2D eigenvalue weighted by Gasteiger charge is -2.12. The molecule has 1 heterocycles. The third-order valence-corrected chi connectivity index (χ3v) is 3.55. The molecule has 2 aromatic carbocycles. The first-order valence-corrected chi connectivity index (χ1v) is 7.34. The molecule has 1 amide bonds. The minimum atomic E-state index is -4.50. The zero-order chi connectivity index (χ0) is 18.0. The first-order chi connectivity index (χ1) is 11.8. The second-order valence-electron chi connectivity index (χ2n) is 5.38. The summed E-state index contributed by atoms with van der Waals surface area (Å²) in [6, 6.07) is 13.5. The molecule has 0 aliphatic rings. The predicted molar refractivity (Wildman–Crippen MR) is 85.5 cm³/mol. The molecule has 0 fully saturated rings. The smallest absolute Gasteiger partial charge is 0.343 e. The fourth-order valence-corrected chi connectivity index (χ4v) is 2.41. The number of halogens is 4. The van der Waals surface area contributed by atoms with Crippen molar-refractivity contribution in [3.05, 3.63) is 66.0 Å². The number of hydrogen-bond donors (Lipinski definition) is 1. The van der Waals surface area contributed by atoms with Gasteiger partial charge in [-0.15, -0.1) is 0 Å². The van der Waals surface area contributed by atoms with Crippen molar-refractivity contribution in [2.75, 3.05) is 6.54 Å². The largest absolute Gasteiger partial charge is 0.405 e. The van der Waals surface area contributed by atoms with Gasteiger partial charge in [-0.2, -0.15) is 13.2 Å². The Kier molecular flexibility index (Phi) is 4.39. The summed E-state index contributed by atoms with van der Waals surface area (Å²) in [5.41, 5.74) is 1.46. The van der Waals surface area contributed by atoms with Crippen molar-refractivity contribution < 1.29 is 22.4 Å². The molecule has 0 radical (unpaired) electrons. The Morgan fingerprint density at radius 3 is 2.40 bits per heavy atom. The summed E-state index contributed by atoms with van der Waals surface area (Å²) in [6.07, 6.45) is -4.50. The van der Waals surface area contributed by atoms with Gasteiger partial charge in [0.05, 0.1) is 16.8 Å². The average molecular weight is 348 g/mol. The third kappa shape index (κ3) is 3.93. The molecule has 0 bridgehead atoms. The van der Waals surface area contributed by atoms with E-state index in [0.29, 0.717) is 22.2 Å². The maximum atomic E-state index is 13.1. The summed E-state index contributed by atoms with van der Waals surface area (Å²) in [5, 5.41) is 2.31. The van der Waals surface area contributed by atoms with Crippen LogP contribution in [-0.2, 0) is 0 Å². The monoisotopic (exact) mass is 348 g/mol. The van der Waals surface area contributed by atoms with Crippen molar-refractivity contribution in [2.45, 2.75) is 6.18 Å². The molecule has 0 saturated carbocycles. The summed E-state index contributed by atoms with van der Waals surface area (Å²) in [7, 11) is 0. The van der Waals surface area contributed by atoms with E-state index in [1.54, 1.807) is 24.3 Å². The van der Waals surface area contributed by atoms with Crippen LogP contribution in [0.5, 0.6) is 0 Å². The number of rotatable bonds is 3. The Hall–Kier alpha value is -2.96. The zero-order valence-corrected chi connectivity index (χ0v) is 12.8. The summed E-state index contributed by atoms with van der Waals surface area (Å²) in [6.45, 7) is -1.42. The van der Waals surface area contributed by atoms with Crippen LogP contribution in [0.1, 0.15) is 10.4 Å². The van der Waals surface area contributed by atoms with Gasteiger partial charge in [0.2, 0.25) is 0 Å². The van der Waals surface area contributed by atoms with Gasteiger partial charge in [-0.1, -0.05) is 18.2 Å². The number of nitrogens with one attached hydrogen (secondary N) is 1. The molecule has 3 nitrogen and oxygen atoms in total. The first kappa shape index (κ1) is 16.9. The summed E-state index contributed by atoms with van der Waals surface area (Å²) in [5.74, 6) is -1.27. The van der Waals surface area contributed by atoms with E-state index in [2.05, 4.69) is 4.98 Å². The van der Waals surface area contributed by atoms with Crippen LogP contribution in [-0.4, -0.2) is 23.6 Å². The molecule has 3 aromatic rings. The van der Waals surface area contributed by atoms with Gasteiger partial charge >= 0.3 is 6.18 Å². The lowest BCUT2D eigenvalue weighted by atomic mass is 10.0. The number of pyridine rings is 1. The highest BCUT2D eigenvalue weighted by atomic mass is 19.4. The second kappa shape index (κ2) is 6.51. The van der Waals surface area contributed by atoms with Crippen LogP contribution in [0.3, 0.4) is 0 Å². The maximum Gasteiger partial charge on any atom is 0.405 e. The van der Waals surface area contributed by atoms with E-state index in [0.717, 1.165) is 0 Å². The van der Waals surface area contributed by atoms with Gasteiger partial charge in [-0.25, -0.2) is 9.37 Å². The molecular weight excluding hydrogens is 336 g/mol. The van der Waals surface area contributed by atoms with E-state index in [9.17, 15) is 22.4 Å². The van der Waals surface area contributed by atoms with Crippen LogP contribution in [0, 0.1) is 5.82 Å². The molecule has 0 spiro atoms.